The third kappa shape index (κ3) is 5.78. The molecule has 0 radical (unpaired) electrons. The van der Waals surface area contributed by atoms with Gasteiger partial charge in [-0.1, -0.05) is 125 Å². The van der Waals surface area contributed by atoms with Gasteiger partial charge in [0.2, 0.25) is 0 Å². The van der Waals surface area contributed by atoms with Crippen molar-refractivity contribution in [2.75, 3.05) is 0 Å². The van der Waals surface area contributed by atoms with Crippen LogP contribution in [0.5, 0.6) is 0 Å². The number of fused-ring (bicyclic) bond motifs is 12. The second-order valence-electron chi connectivity index (χ2n) is 17.2. The maximum atomic E-state index is 6.37. The SMILES string of the molecule is Brc1ccc2c(c1)c1ccccc1n2-c1cccc2c1sc1ccccc12.CC1(C)OB(c2ccc3c(c2)c2ccccc2n3-c2cccc3c2sc2ccccc23)OC1(C)C. The first-order valence-electron chi connectivity index (χ1n) is 21.0. The lowest BCUT2D eigenvalue weighted by Gasteiger charge is -2.32. The summed E-state index contributed by atoms with van der Waals surface area (Å²) in [5.74, 6) is 0. The Hall–Kier alpha value is -5.74. The summed E-state index contributed by atoms with van der Waals surface area (Å²) in [5.41, 5.74) is 7.68. The number of halogens is 1. The number of hydrogen-bond acceptors (Lipinski definition) is 4. The van der Waals surface area contributed by atoms with Crippen LogP contribution in [0.1, 0.15) is 27.7 Å². The minimum absolute atomic E-state index is 0.364. The highest BCUT2D eigenvalue weighted by Crippen LogP contribution is 2.43. The molecule has 1 fully saturated rings. The molecule has 0 atom stereocenters. The zero-order valence-electron chi connectivity index (χ0n) is 34.6. The summed E-state index contributed by atoms with van der Waals surface area (Å²) in [5, 5.41) is 10.3. The summed E-state index contributed by atoms with van der Waals surface area (Å²) in [4.78, 5) is 0. The third-order valence-electron chi connectivity index (χ3n) is 13.1. The normalized spacial score (nSPS) is 15.0. The van der Waals surface area contributed by atoms with E-state index in [2.05, 4.69) is 223 Å². The van der Waals surface area contributed by atoms with E-state index in [0.29, 0.717) is 0 Å². The fourth-order valence-electron chi connectivity index (χ4n) is 9.40. The van der Waals surface area contributed by atoms with Crippen LogP contribution in [0.25, 0.3) is 95.3 Å². The van der Waals surface area contributed by atoms with Gasteiger partial charge >= 0.3 is 7.12 Å². The maximum absolute atomic E-state index is 6.37. The minimum Gasteiger partial charge on any atom is -0.399 e. The second kappa shape index (κ2) is 14.1. The average molecular weight is 904 g/mol. The molecule has 1 aliphatic heterocycles. The molecule has 0 saturated carbocycles. The summed E-state index contributed by atoms with van der Waals surface area (Å²) in [6, 6.07) is 61.2. The monoisotopic (exact) mass is 902 g/mol. The van der Waals surface area contributed by atoms with E-state index in [0.717, 1.165) is 9.94 Å². The summed E-state index contributed by atoms with van der Waals surface area (Å²) < 4.78 is 24.0. The molecule has 300 valence electrons. The fraction of sp³-hybridized carbons (Fsp3) is 0.111. The molecule has 12 aromatic rings. The van der Waals surface area contributed by atoms with Crippen molar-refractivity contribution in [2.45, 2.75) is 38.9 Å². The van der Waals surface area contributed by atoms with Gasteiger partial charge in [-0.15, -0.1) is 22.7 Å². The zero-order valence-corrected chi connectivity index (χ0v) is 37.9. The lowest BCUT2D eigenvalue weighted by Crippen LogP contribution is -2.41. The van der Waals surface area contributed by atoms with Crippen molar-refractivity contribution >= 4 is 135 Å². The van der Waals surface area contributed by atoms with Crippen LogP contribution in [0.4, 0.5) is 0 Å². The van der Waals surface area contributed by atoms with Crippen LogP contribution in [-0.2, 0) is 9.31 Å². The molecule has 8 heteroatoms. The molecule has 5 heterocycles. The molecule has 13 rings (SSSR count). The molecule has 4 aromatic heterocycles. The van der Waals surface area contributed by atoms with Crippen LogP contribution >= 0.6 is 38.6 Å². The lowest BCUT2D eigenvalue weighted by atomic mass is 9.78. The Morgan fingerprint density at radius 3 is 1.37 bits per heavy atom. The van der Waals surface area contributed by atoms with Gasteiger partial charge in [-0.25, -0.2) is 0 Å². The van der Waals surface area contributed by atoms with E-state index in [1.165, 1.54) is 95.3 Å². The van der Waals surface area contributed by atoms with E-state index in [9.17, 15) is 0 Å². The number of thiophene rings is 2. The highest BCUT2D eigenvalue weighted by Gasteiger charge is 2.51. The first-order chi connectivity index (χ1) is 30.1. The smallest absolute Gasteiger partial charge is 0.399 e. The van der Waals surface area contributed by atoms with Gasteiger partial charge in [0.05, 0.1) is 54.0 Å². The molecular weight excluding hydrogens is 863 g/mol. The van der Waals surface area contributed by atoms with E-state index in [-0.39, 0.29) is 18.3 Å². The molecule has 0 spiro atoms. The Kier molecular flexibility index (Phi) is 8.66. The van der Waals surface area contributed by atoms with E-state index in [1.807, 2.05) is 22.7 Å². The highest BCUT2D eigenvalue weighted by atomic mass is 79.9. The third-order valence-corrected chi connectivity index (χ3v) is 16.0. The van der Waals surface area contributed by atoms with Crippen LogP contribution in [0, 0.1) is 0 Å². The van der Waals surface area contributed by atoms with E-state index in [1.54, 1.807) is 0 Å². The van der Waals surface area contributed by atoms with Crippen molar-refractivity contribution in [3.8, 4) is 11.4 Å². The van der Waals surface area contributed by atoms with E-state index >= 15 is 0 Å². The highest BCUT2D eigenvalue weighted by molar-refractivity contribution is 9.10. The fourth-order valence-corrected chi connectivity index (χ4v) is 12.2. The van der Waals surface area contributed by atoms with Gasteiger partial charge in [-0.3, -0.25) is 0 Å². The molecule has 62 heavy (non-hydrogen) atoms. The predicted octanol–water partition coefficient (Wildman–Crippen LogP) is 15.4. The maximum Gasteiger partial charge on any atom is 0.494 e. The van der Waals surface area contributed by atoms with Crippen molar-refractivity contribution in [1.29, 1.82) is 0 Å². The van der Waals surface area contributed by atoms with Gasteiger partial charge in [-0.05, 0) is 93.8 Å². The van der Waals surface area contributed by atoms with E-state index in [4.69, 9.17) is 9.31 Å². The number of aromatic nitrogens is 2. The van der Waals surface area contributed by atoms with Crippen molar-refractivity contribution in [3.05, 3.63) is 174 Å². The number of benzene rings is 8. The van der Waals surface area contributed by atoms with Gasteiger partial charge in [0, 0.05) is 57.0 Å². The summed E-state index contributed by atoms with van der Waals surface area (Å²) in [7, 11) is -0.377. The number of nitrogens with zero attached hydrogens (tertiary/aromatic N) is 2. The molecule has 1 saturated heterocycles. The Bertz CT molecular complexity index is 3750. The number of rotatable bonds is 3. The van der Waals surface area contributed by atoms with Crippen molar-refractivity contribution < 1.29 is 9.31 Å². The van der Waals surface area contributed by atoms with E-state index < -0.39 is 0 Å². The first-order valence-corrected chi connectivity index (χ1v) is 23.5. The molecule has 4 nitrogen and oxygen atoms in total. The second-order valence-corrected chi connectivity index (χ2v) is 20.3. The largest absolute Gasteiger partial charge is 0.494 e. The van der Waals surface area contributed by atoms with Crippen LogP contribution < -0.4 is 5.46 Å². The van der Waals surface area contributed by atoms with Gasteiger partial charge in [0.25, 0.3) is 0 Å². The van der Waals surface area contributed by atoms with Gasteiger partial charge < -0.3 is 18.4 Å². The molecule has 1 aliphatic rings. The van der Waals surface area contributed by atoms with Gasteiger partial charge in [-0.2, -0.15) is 0 Å². The molecule has 0 unspecified atom stereocenters. The first kappa shape index (κ1) is 38.0. The molecule has 0 aliphatic carbocycles. The lowest BCUT2D eigenvalue weighted by molar-refractivity contribution is 0.00578. The summed E-state index contributed by atoms with van der Waals surface area (Å²) >= 11 is 7.38. The number of para-hydroxylation sites is 2. The van der Waals surface area contributed by atoms with Crippen molar-refractivity contribution in [1.82, 2.24) is 9.13 Å². The Balaban J connectivity index is 0.000000137. The van der Waals surface area contributed by atoms with Crippen LogP contribution in [0.2, 0.25) is 0 Å². The number of hydrogen-bond donors (Lipinski definition) is 0. The molecular formula is C54H40BBrN2O2S2. The molecule has 0 bridgehead atoms. The summed E-state index contributed by atoms with van der Waals surface area (Å²) in [6.07, 6.45) is 0. The van der Waals surface area contributed by atoms with Crippen LogP contribution in [0.15, 0.2) is 174 Å². The Morgan fingerprint density at radius 2 is 0.839 bits per heavy atom. The van der Waals surface area contributed by atoms with Crippen LogP contribution in [-0.4, -0.2) is 27.5 Å². The standard InChI is InChI=1S/C30H26BNO2S.C24H14BrNS/c1-29(2)30(3,4)34-31(33-29)19-16-17-25-23(18-19)20-10-5-7-13-24(20)32(25)26-14-9-12-22-21-11-6-8-15-27(21)35-28(22)26;25-15-12-13-21-19(14-15)16-6-1-3-9-20(16)26(21)22-10-5-8-18-17-7-2-4-11-23(17)27-24(18)22/h5-18H,1-4H3;1-14H. The topological polar surface area (TPSA) is 28.3 Å². The Morgan fingerprint density at radius 1 is 0.419 bits per heavy atom. The van der Waals surface area contributed by atoms with Gasteiger partial charge in [0.1, 0.15) is 0 Å². The average Bonchev–Trinajstić information content (AvgIpc) is 4.07. The van der Waals surface area contributed by atoms with Crippen molar-refractivity contribution in [2.24, 2.45) is 0 Å². The van der Waals surface area contributed by atoms with Gasteiger partial charge in [0.15, 0.2) is 0 Å². The minimum atomic E-state index is -0.377. The van der Waals surface area contributed by atoms with Crippen LogP contribution in [0.3, 0.4) is 0 Å². The molecule has 0 N–H and O–H groups in total. The van der Waals surface area contributed by atoms with Crippen molar-refractivity contribution in [3.63, 3.8) is 0 Å². The molecule has 8 aromatic carbocycles. The Labute approximate surface area is 375 Å². The quantitative estimate of drug-likeness (QED) is 0.165. The zero-order chi connectivity index (χ0) is 41.9. The predicted molar refractivity (Wildman–Crippen MR) is 271 cm³/mol. The molecule has 0 amide bonds. The summed E-state index contributed by atoms with van der Waals surface area (Å²) in [6.45, 7) is 8.40.